The fourth-order valence-corrected chi connectivity index (χ4v) is 3.78. The third kappa shape index (κ3) is 3.29. The van der Waals surface area contributed by atoms with Gasteiger partial charge in [-0.05, 0) is 48.4 Å². The molecule has 1 atom stereocenters. The van der Waals surface area contributed by atoms with Gasteiger partial charge in [0.15, 0.2) is 0 Å². The summed E-state index contributed by atoms with van der Waals surface area (Å²) in [5, 5.41) is 0.364. The minimum Gasteiger partial charge on any atom is -0.399 e. The summed E-state index contributed by atoms with van der Waals surface area (Å²) >= 11 is 11.9. The van der Waals surface area contributed by atoms with E-state index in [1.165, 1.54) is 18.2 Å². The molecule has 3 rings (SSSR count). The maximum Gasteiger partial charge on any atom is 0.400 e. The van der Waals surface area contributed by atoms with Crippen molar-refractivity contribution >= 4 is 47.9 Å². The molecule has 1 fully saturated rings. The van der Waals surface area contributed by atoms with Gasteiger partial charge in [-0.15, -0.1) is 0 Å². The summed E-state index contributed by atoms with van der Waals surface area (Å²) in [6, 6.07) is 8.94. The molecule has 0 spiro atoms. The van der Waals surface area contributed by atoms with Gasteiger partial charge in [0.1, 0.15) is 13.3 Å². The monoisotopic (exact) mass is 384 g/mol. The minimum absolute atomic E-state index is 0.0726. The molecule has 0 aliphatic carbocycles. The van der Waals surface area contributed by atoms with E-state index in [0.717, 1.165) is 0 Å². The van der Waals surface area contributed by atoms with Gasteiger partial charge in [-0.2, -0.15) is 13.2 Å². The lowest BCUT2D eigenvalue weighted by Crippen LogP contribution is -2.45. The molecule has 2 N–H and O–H groups in total. The Morgan fingerprint density at radius 2 is 1.72 bits per heavy atom. The Morgan fingerprint density at radius 1 is 1.08 bits per heavy atom. The van der Waals surface area contributed by atoms with E-state index in [4.69, 9.17) is 36.8 Å². The molecular weight excluding hydrogens is 371 g/mol. The first kappa shape index (κ1) is 18.3. The second kappa shape index (κ2) is 6.33. The molecule has 0 saturated carbocycles. The number of halogens is 5. The molecule has 1 saturated heterocycles. The molecule has 130 valence electrons. The van der Waals surface area contributed by atoms with Crippen molar-refractivity contribution in [2.24, 2.45) is 0 Å². The number of nitrogens with two attached hydrogens (primary N) is 1. The van der Waals surface area contributed by atoms with Crippen LogP contribution < -0.4 is 16.1 Å². The van der Waals surface area contributed by atoms with Gasteiger partial charge in [0.05, 0.1) is 0 Å². The standard InChI is InChI=1S/C17H14BCl2F3N2/c18-14-8-13(1-2-15(14)24)25-4-3-16(9-25,17(21,22)23)10-5-11(19)7-12(20)6-10/h1-2,5-8H,3-4,9,24H2. The van der Waals surface area contributed by atoms with Crippen LogP contribution in [0.25, 0.3) is 0 Å². The van der Waals surface area contributed by atoms with Crippen molar-refractivity contribution in [2.45, 2.75) is 18.0 Å². The Bertz CT molecular complexity index is 793. The number of hydrogen-bond acceptors (Lipinski definition) is 2. The molecule has 0 amide bonds. The molecule has 1 unspecified atom stereocenters. The number of nitrogens with zero attached hydrogens (tertiary/aromatic N) is 1. The van der Waals surface area contributed by atoms with Crippen molar-refractivity contribution in [1.82, 2.24) is 0 Å². The Balaban J connectivity index is 2.03. The highest BCUT2D eigenvalue weighted by Gasteiger charge is 2.59. The number of rotatable bonds is 2. The third-order valence-electron chi connectivity index (χ3n) is 4.66. The average molecular weight is 385 g/mol. The fourth-order valence-electron chi connectivity index (χ4n) is 3.25. The molecule has 0 bridgehead atoms. The van der Waals surface area contributed by atoms with Crippen LogP contribution in [0, 0.1) is 0 Å². The highest BCUT2D eigenvalue weighted by molar-refractivity contribution is 6.36. The number of alkyl halides is 3. The van der Waals surface area contributed by atoms with Gasteiger partial charge >= 0.3 is 6.18 Å². The van der Waals surface area contributed by atoms with Gasteiger partial charge in [-0.25, -0.2) is 0 Å². The van der Waals surface area contributed by atoms with Crippen LogP contribution in [0.1, 0.15) is 12.0 Å². The van der Waals surface area contributed by atoms with E-state index >= 15 is 0 Å². The highest BCUT2D eigenvalue weighted by atomic mass is 35.5. The lowest BCUT2D eigenvalue weighted by molar-refractivity contribution is -0.184. The number of hydrogen-bond donors (Lipinski definition) is 1. The average Bonchev–Trinajstić information content (AvgIpc) is 2.95. The van der Waals surface area contributed by atoms with Crippen molar-refractivity contribution in [3.8, 4) is 0 Å². The van der Waals surface area contributed by atoms with Gasteiger partial charge in [0.2, 0.25) is 0 Å². The Morgan fingerprint density at radius 3 is 2.28 bits per heavy atom. The van der Waals surface area contributed by atoms with E-state index in [-0.39, 0.29) is 35.1 Å². The SMILES string of the molecule is [B]c1cc(N2CCC(c3cc(Cl)cc(Cl)c3)(C(F)(F)F)C2)ccc1N. The van der Waals surface area contributed by atoms with Gasteiger partial charge in [-0.1, -0.05) is 28.7 Å². The van der Waals surface area contributed by atoms with Gasteiger partial charge in [-0.3, -0.25) is 0 Å². The zero-order valence-corrected chi connectivity index (χ0v) is 14.6. The number of nitrogen functional groups attached to an aromatic ring is 1. The van der Waals surface area contributed by atoms with Crippen LogP contribution in [0.2, 0.25) is 10.0 Å². The van der Waals surface area contributed by atoms with Crippen molar-refractivity contribution in [2.75, 3.05) is 23.7 Å². The lowest BCUT2D eigenvalue weighted by Gasteiger charge is -2.33. The first-order chi connectivity index (χ1) is 11.6. The van der Waals surface area contributed by atoms with E-state index in [9.17, 15) is 13.2 Å². The van der Waals surface area contributed by atoms with Crippen molar-refractivity contribution < 1.29 is 13.2 Å². The number of anilines is 2. The quantitative estimate of drug-likeness (QED) is 0.624. The topological polar surface area (TPSA) is 29.3 Å². The van der Waals surface area contributed by atoms with Crippen LogP contribution in [0.15, 0.2) is 36.4 Å². The molecule has 2 aromatic rings. The van der Waals surface area contributed by atoms with Crippen LogP contribution in [0.4, 0.5) is 24.5 Å². The second-order valence-electron chi connectivity index (χ2n) is 6.22. The van der Waals surface area contributed by atoms with Crippen LogP contribution in [-0.2, 0) is 5.41 Å². The molecule has 2 radical (unpaired) electrons. The predicted molar refractivity (Wildman–Crippen MR) is 97.3 cm³/mol. The fraction of sp³-hybridized carbons (Fsp3) is 0.294. The first-order valence-electron chi connectivity index (χ1n) is 7.56. The molecule has 2 nitrogen and oxygen atoms in total. The normalized spacial score (nSPS) is 20.9. The minimum atomic E-state index is -4.45. The molecular formula is C17H14BCl2F3N2. The van der Waals surface area contributed by atoms with E-state index in [0.29, 0.717) is 16.8 Å². The zero-order valence-electron chi connectivity index (χ0n) is 13.1. The summed E-state index contributed by atoms with van der Waals surface area (Å²) in [5.74, 6) is 0. The van der Waals surface area contributed by atoms with E-state index in [1.54, 1.807) is 23.1 Å². The lowest BCUT2D eigenvalue weighted by atomic mass is 9.79. The van der Waals surface area contributed by atoms with Crippen molar-refractivity contribution in [1.29, 1.82) is 0 Å². The molecule has 1 aliphatic rings. The third-order valence-corrected chi connectivity index (χ3v) is 5.10. The Kier molecular flexibility index (Phi) is 4.62. The summed E-state index contributed by atoms with van der Waals surface area (Å²) in [5.41, 5.74) is 5.05. The smallest absolute Gasteiger partial charge is 0.399 e. The predicted octanol–water partition coefficient (Wildman–Crippen LogP) is 4.08. The highest BCUT2D eigenvalue weighted by Crippen LogP contribution is 2.49. The first-order valence-corrected chi connectivity index (χ1v) is 8.31. The summed E-state index contributed by atoms with van der Waals surface area (Å²) in [6.45, 7) is -0.0104. The van der Waals surface area contributed by atoms with E-state index in [2.05, 4.69) is 0 Å². The summed E-state index contributed by atoms with van der Waals surface area (Å²) in [4.78, 5) is 1.65. The molecule has 1 heterocycles. The summed E-state index contributed by atoms with van der Waals surface area (Å²) in [7, 11) is 5.78. The Labute approximate surface area is 155 Å². The van der Waals surface area contributed by atoms with Crippen molar-refractivity contribution in [3.63, 3.8) is 0 Å². The Hall–Kier alpha value is -1.53. The van der Waals surface area contributed by atoms with Crippen LogP contribution >= 0.6 is 23.2 Å². The van der Waals surface area contributed by atoms with Gasteiger partial charge in [0, 0.05) is 34.5 Å². The molecule has 8 heteroatoms. The molecule has 1 aliphatic heterocycles. The van der Waals surface area contributed by atoms with E-state index < -0.39 is 11.6 Å². The van der Waals surface area contributed by atoms with Crippen LogP contribution in [0.3, 0.4) is 0 Å². The summed E-state index contributed by atoms with van der Waals surface area (Å²) in [6.07, 6.45) is -4.55. The molecule has 25 heavy (non-hydrogen) atoms. The summed E-state index contributed by atoms with van der Waals surface area (Å²) < 4.78 is 42.1. The van der Waals surface area contributed by atoms with Crippen molar-refractivity contribution in [3.05, 3.63) is 52.0 Å². The van der Waals surface area contributed by atoms with Crippen LogP contribution in [-0.4, -0.2) is 27.1 Å². The maximum atomic E-state index is 14.0. The maximum absolute atomic E-state index is 14.0. The second-order valence-corrected chi connectivity index (χ2v) is 7.10. The largest absolute Gasteiger partial charge is 0.400 e. The van der Waals surface area contributed by atoms with E-state index in [1.807, 2.05) is 0 Å². The number of benzene rings is 2. The van der Waals surface area contributed by atoms with Gasteiger partial charge in [0.25, 0.3) is 0 Å². The molecule has 0 aromatic heterocycles. The van der Waals surface area contributed by atoms with Crippen LogP contribution in [0.5, 0.6) is 0 Å². The zero-order chi connectivity index (χ0) is 18.4. The van der Waals surface area contributed by atoms with Gasteiger partial charge < -0.3 is 10.6 Å². The molecule has 2 aromatic carbocycles.